The fourth-order valence-electron chi connectivity index (χ4n) is 2.22. The van der Waals surface area contributed by atoms with Crippen molar-refractivity contribution < 1.29 is 18.4 Å². The van der Waals surface area contributed by atoms with E-state index >= 15 is 0 Å². The molecule has 0 aliphatic carbocycles. The number of amides is 2. The molecule has 2 aromatic rings. The van der Waals surface area contributed by atoms with Crippen LogP contribution in [0.1, 0.15) is 20.7 Å². The van der Waals surface area contributed by atoms with Gasteiger partial charge in [0.1, 0.15) is 0 Å². The van der Waals surface area contributed by atoms with Crippen LogP contribution in [0.2, 0.25) is 0 Å². The zero-order valence-electron chi connectivity index (χ0n) is 10.6. The molecule has 0 unspecified atom stereocenters. The van der Waals surface area contributed by atoms with Gasteiger partial charge in [-0.1, -0.05) is 30.0 Å². The van der Waals surface area contributed by atoms with Gasteiger partial charge >= 0.3 is 0 Å². The van der Waals surface area contributed by atoms with Crippen LogP contribution in [0.15, 0.2) is 53.4 Å². The molecule has 106 valence electrons. The van der Waals surface area contributed by atoms with E-state index in [0.29, 0.717) is 33.5 Å². The lowest BCUT2D eigenvalue weighted by atomic mass is 10.1. The van der Waals surface area contributed by atoms with Crippen molar-refractivity contribution in [3.05, 3.63) is 59.7 Å². The summed E-state index contributed by atoms with van der Waals surface area (Å²) in [6, 6.07) is 12.5. The van der Waals surface area contributed by atoms with Gasteiger partial charge in [0.05, 0.1) is 16.8 Å². The summed E-state index contributed by atoms with van der Waals surface area (Å²) in [6.07, 6.45) is 0. The van der Waals surface area contributed by atoms with E-state index in [4.69, 9.17) is 0 Å². The number of anilines is 1. The minimum absolute atomic E-state index is 0.298. The van der Waals surface area contributed by atoms with Gasteiger partial charge in [-0.05, 0) is 30.3 Å². The Bertz CT molecular complexity index is 698. The summed E-state index contributed by atoms with van der Waals surface area (Å²) in [7, 11) is 0. The van der Waals surface area contributed by atoms with Crippen LogP contribution in [-0.4, -0.2) is 17.6 Å². The van der Waals surface area contributed by atoms with Crippen molar-refractivity contribution in [1.82, 2.24) is 0 Å². The highest BCUT2D eigenvalue weighted by Crippen LogP contribution is 2.32. The monoisotopic (exact) mass is 305 g/mol. The topological polar surface area (TPSA) is 37.4 Å². The summed E-state index contributed by atoms with van der Waals surface area (Å²) >= 11 is 0.375. The Morgan fingerprint density at radius 3 is 2.10 bits per heavy atom. The third-order valence-electron chi connectivity index (χ3n) is 3.10. The summed E-state index contributed by atoms with van der Waals surface area (Å²) in [5.41, 5.74) is 0.954. The molecule has 0 saturated heterocycles. The molecule has 0 spiro atoms. The molecule has 0 saturated carbocycles. The van der Waals surface area contributed by atoms with Gasteiger partial charge in [-0.2, -0.15) is 8.78 Å². The lowest BCUT2D eigenvalue weighted by Gasteiger charge is -2.14. The number of carbonyl (C=O) groups is 2. The number of thioether (sulfide) groups is 1. The van der Waals surface area contributed by atoms with Crippen molar-refractivity contribution in [2.24, 2.45) is 0 Å². The molecule has 2 amide bonds. The number of halogens is 2. The van der Waals surface area contributed by atoms with E-state index in [-0.39, 0.29) is 0 Å². The van der Waals surface area contributed by atoms with Crippen molar-refractivity contribution in [2.45, 2.75) is 10.7 Å². The molecule has 0 atom stereocenters. The van der Waals surface area contributed by atoms with Crippen LogP contribution >= 0.6 is 11.8 Å². The van der Waals surface area contributed by atoms with Crippen LogP contribution in [0.5, 0.6) is 0 Å². The highest BCUT2D eigenvalue weighted by molar-refractivity contribution is 7.99. The van der Waals surface area contributed by atoms with Crippen LogP contribution in [0.4, 0.5) is 14.5 Å². The predicted octanol–water partition coefficient (Wildman–Crippen LogP) is 3.80. The lowest BCUT2D eigenvalue weighted by molar-refractivity contribution is 0.0926. The van der Waals surface area contributed by atoms with Gasteiger partial charge in [0.2, 0.25) is 0 Å². The maximum atomic E-state index is 12.4. The van der Waals surface area contributed by atoms with E-state index < -0.39 is 17.6 Å². The fraction of sp³-hybridized carbons (Fsp3) is 0.0667. The highest BCUT2D eigenvalue weighted by atomic mass is 32.2. The summed E-state index contributed by atoms with van der Waals surface area (Å²) in [5, 5.41) is 0. The predicted molar refractivity (Wildman–Crippen MR) is 75.9 cm³/mol. The summed E-state index contributed by atoms with van der Waals surface area (Å²) in [5.74, 6) is -3.42. The van der Waals surface area contributed by atoms with Gasteiger partial charge in [0.25, 0.3) is 17.6 Å². The highest BCUT2D eigenvalue weighted by Gasteiger charge is 2.36. The lowest BCUT2D eigenvalue weighted by Crippen LogP contribution is -2.29. The van der Waals surface area contributed by atoms with Crippen molar-refractivity contribution in [3.63, 3.8) is 0 Å². The van der Waals surface area contributed by atoms with Crippen molar-refractivity contribution in [2.75, 3.05) is 4.90 Å². The summed E-state index contributed by atoms with van der Waals surface area (Å²) < 4.78 is 24.8. The second kappa shape index (κ2) is 5.29. The molecule has 0 bridgehead atoms. The molecule has 0 N–H and O–H groups in total. The number of benzene rings is 2. The van der Waals surface area contributed by atoms with Gasteiger partial charge in [-0.3, -0.25) is 9.59 Å². The summed E-state index contributed by atoms with van der Waals surface area (Å²) in [6.45, 7) is 0. The van der Waals surface area contributed by atoms with Crippen LogP contribution in [0, 0.1) is 0 Å². The van der Waals surface area contributed by atoms with E-state index in [1.807, 2.05) is 0 Å². The number of carbonyl (C=O) groups excluding carboxylic acids is 2. The number of rotatable bonds is 3. The number of nitrogens with zero attached hydrogens (tertiary/aromatic N) is 1. The van der Waals surface area contributed by atoms with Gasteiger partial charge in [0.15, 0.2) is 0 Å². The molecule has 1 heterocycles. The number of alkyl halides is 2. The van der Waals surface area contributed by atoms with Crippen LogP contribution in [0.25, 0.3) is 0 Å². The van der Waals surface area contributed by atoms with Crippen molar-refractivity contribution in [1.29, 1.82) is 0 Å². The van der Waals surface area contributed by atoms with Gasteiger partial charge in [-0.25, -0.2) is 4.90 Å². The minimum atomic E-state index is -2.55. The third-order valence-corrected chi connectivity index (χ3v) is 3.80. The number of hydrogen-bond acceptors (Lipinski definition) is 3. The Hall–Kier alpha value is -2.21. The van der Waals surface area contributed by atoms with Crippen LogP contribution in [0.3, 0.4) is 0 Å². The number of fused-ring (bicyclic) bond motifs is 1. The van der Waals surface area contributed by atoms with E-state index in [1.54, 1.807) is 36.4 Å². The Kier molecular flexibility index (Phi) is 3.47. The quantitative estimate of drug-likeness (QED) is 0.639. The molecule has 0 radical (unpaired) electrons. The zero-order chi connectivity index (χ0) is 15.0. The summed E-state index contributed by atoms with van der Waals surface area (Å²) in [4.78, 5) is 25.9. The molecule has 1 aliphatic rings. The number of imide groups is 1. The van der Waals surface area contributed by atoms with E-state index in [2.05, 4.69) is 0 Å². The first-order valence-corrected chi connectivity index (χ1v) is 6.98. The average Bonchev–Trinajstić information content (AvgIpc) is 2.71. The maximum Gasteiger partial charge on any atom is 0.288 e. The molecule has 2 aromatic carbocycles. The Morgan fingerprint density at radius 1 is 0.905 bits per heavy atom. The van der Waals surface area contributed by atoms with Crippen LogP contribution < -0.4 is 4.90 Å². The molecule has 0 aromatic heterocycles. The standard InChI is InChI=1S/C15H9F2NO2S/c16-15(17)21-10-5-3-4-9(8-10)18-13(19)11-6-1-2-7-12(11)14(18)20/h1-8,15H. The first-order chi connectivity index (χ1) is 10.1. The smallest absolute Gasteiger partial charge is 0.268 e. The second-order valence-corrected chi connectivity index (χ2v) is 5.43. The van der Waals surface area contributed by atoms with Crippen LogP contribution in [-0.2, 0) is 0 Å². The molecule has 6 heteroatoms. The Balaban J connectivity index is 1.99. The third kappa shape index (κ3) is 2.42. The average molecular weight is 305 g/mol. The maximum absolute atomic E-state index is 12.4. The molecular formula is C15H9F2NO2S. The van der Waals surface area contributed by atoms with Gasteiger partial charge in [0, 0.05) is 4.90 Å². The molecule has 21 heavy (non-hydrogen) atoms. The second-order valence-electron chi connectivity index (χ2n) is 4.37. The van der Waals surface area contributed by atoms with Crippen molar-refractivity contribution in [3.8, 4) is 0 Å². The van der Waals surface area contributed by atoms with Gasteiger partial charge in [-0.15, -0.1) is 0 Å². The molecular weight excluding hydrogens is 296 g/mol. The van der Waals surface area contributed by atoms with Gasteiger partial charge < -0.3 is 0 Å². The molecule has 0 fully saturated rings. The molecule has 3 nitrogen and oxygen atoms in total. The first kappa shape index (κ1) is 13.8. The fourth-order valence-corrected chi connectivity index (χ4v) is 2.77. The number of hydrogen-bond donors (Lipinski definition) is 0. The largest absolute Gasteiger partial charge is 0.288 e. The zero-order valence-corrected chi connectivity index (χ0v) is 11.4. The Labute approximate surface area is 123 Å². The Morgan fingerprint density at radius 2 is 1.52 bits per heavy atom. The molecule has 3 rings (SSSR count). The minimum Gasteiger partial charge on any atom is -0.268 e. The van der Waals surface area contributed by atoms with E-state index in [0.717, 1.165) is 4.90 Å². The van der Waals surface area contributed by atoms with E-state index in [9.17, 15) is 18.4 Å². The van der Waals surface area contributed by atoms with E-state index in [1.165, 1.54) is 12.1 Å². The SMILES string of the molecule is O=C1c2ccccc2C(=O)N1c1cccc(SC(F)F)c1. The molecule has 1 aliphatic heterocycles. The van der Waals surface area contributed by atoms with Crippen molar-refractivity contribution >= 4 is 29.3 Å². The normalized spacial score (nSPS) is 14.0. The first-order valence-electron chi connectivity index (χ1n) is 6.10.